The zero-order valence-electron chi connectivity index (χ0n) is 14.8. The predicted octanol–water partition coefficient (Wildman–Crippen LogP) is 3.72. The van der Waals surface area contributed by atoms with E-state index in [9.17, 15) is 4.79 Å². The van der Waals surface area contributed by atoms with Crippen molar-refractivity contribution in [3.05, 3.63) is 45.9 Å². The lowest BCUT2D eigenvalue weighted by Crippen LogP contribution is -2.47. The van der Waals surface area contributed by atoms with Crippen LogP contribution in [-0.4, -0.2) is 47.9 Å². The van der Waals surface area contributed by atoms with E-state index in [0.717, 1.165) is 39.8 Å². The molecular weight excluding hydrogens is 368 g/mol. The Bertz CT molecular complexity index is 759. The number of carbonyl (C=O) groups is 1. The number of thiazole rings is 1. The Morgan fingerprint density at radius 3 is 2.54 bits per heavy atom. The molecule has 0 aliphatic carbocycles. The van der Waals surface area contributed by atoms with Crippen molar-refractivity contribution in [3.8, 4) is 0 Å². The molecule has 7 heteroatoms. The van der Waals surface area contributed by atoms with Gasteiger partial charge in [-0.3, -0.25) is 4.79 Å². The van der Waals surface area contributed by atoms with Gasteiger partial charge < -0.3 is 14.4 Å². The predicted molar refractivity (Wildman–Crippen MR) is 103 cm³/mol. The van der Waals surface area contributed by atoms with Crippen LogP contribution in [-0.2, 0) is 15.2 Å². The Morgan fingerprint density at radius 2 is 1.92 bits per heavy atom. The normalized spacial score (nSPS) is 19.2. The van der Waals surface area contributed by atoms with Crippen molar-refractivity contribution in [1.82, 2.24) is 9.88 Å². The van der Waals surface area contributed by atoms with E-state index < -0.39 is 5.79 Å². The molecule has 2 saturated heterocycles. The molecule has 0 N–H and O–H groups in total. The van der Waals surface area contributed by atoms with Crippen LogP contribution in [0.5, 0.6) is 0 Å². The van der Waals surface area contributed by atoms with Gasteiger partial charge in [-0.25, -0.2) is 4.98 Å². The van der Waals surface area contributed by atoms with Crippen molar-refractivity contribution in [3.63, 3.8) is 0 Å². The first-order valence-corrected chi connectivity index (χ1v) is 10.7. The summed E-state index contributed by atoms with van der Waals surface area (Å²) in [6.45, 7) is 4.70. The molecule has 2 fully saturated rings. The number of piperidine rings is 1. The van der Waals surface area contributed by atoms with E-state index in [-0.39, 0.29) is 5.91 Å². The highest BCUT2D eigenvalue weighted by atomic mass is 32.2. The maximum atomic E-state index is 12.7. The fraction of sp³-hybridized carbons (Fsp3) is 0.474. The molecule has 138 valence electrons. The monoisotopic (exact) mass is 390 g/mol. The fourth-order valence-corrected chi connectivity index (χ4v) is 4.85. The zero-order valence-corrected chi connectivity index (χ0v) is 16.4. The molecule has 0 saturated carbocycles. The molecule has 1 spiro atoms. The summed E-state index contributed by atoms with van der Waals surface area (Å²) in [5.74, 6) is 0.501. The summed E-state index contributed by atoms with van der Waals surface area (Å²) in [6, 6.07) is 7.88. The van der Waals surface area contributed by atoms with Gasteiger partial charge in [-0.1, -0.05) is 0 Å². The SMILES string of the molecule is Cc1nc(CSc2ccc(C(=O)N3CCC4(CC3)OCCO4)cc2)cs1. The number of nitrogens with zero attached hydrogens (tertiary/aromatic N) is 2. The molecule has 26 heavy (non-hydrogen) atoms. The summed E-state index contributed by atoms with van der Waals surface area (Å²) in [5.41, 5.74) is 1.85. The molecule has 2 aliphatic rings. The smallest absolute Gasteiger partial charge is 0.253 e. The van der Waals surface area contributed by atoms with E-state index >= 15 is 0 Å². The minimum absolute atomic E-state index is 0.0875. The standard InChI is InChI=1S/C19H22N2O3S2/c1-14-20-16(12-25-14)13-26-17-4-2-15(3-5-17)18(22)21-8-6-19(7-9-21)23-10-11-24-19/h2-5,12H,6-11,13H2,1H3. The highest BCUT2D eigenvalue weighted by Gasteiger charge is 2.40. The van der Waals surface area contributed by atoms with Crippen molar-refractivity contribution in [2.75, 3.05) is 26.3 Å². The van der Waals surface area contributed by atoms with Gasteiger partial charge in [0.1, 0.15) is 0 Å². The lowest BCUT2D eigenvalue weighted by Gasteiger charge is -2.37. The molecule has 1 aromatic heterocycles. The average Bonchev–Trinajstić information content (AvgIpc) is 3.30. The van der Waals surface area contributed by atoms with Gasteiger partial charge in [-0.2, -0.15) is 0 Å². The number of hydrogen-bond donors (Lipinski definition) is 0. The van der Waals surface area contributed by atoms with Gasteiger partial charge in [0.25, 0.3) is 5.91 Å². The number of benzene rings is 1. The third kappa shape index (κ3) is 3.96. The lowest BCUT2D eigenvalue weighted by atomic mass is 10.0. The molecule has 1 aromatic carbocycles. The molecule has 3 heterocycles. The van der Waals surface area contributed by atoms with Crippen LogP contribution in [0.3, 0.4) is 0 Å². The van der Waals surface area contributed by atoms with Crippen LogP contribution in [0, 0.1) is 6.92 Å². The molecule has 2 aromatic rings. The highest BCUT2D eigenvalue weighted by molar-refractivity contribution is 7.98. The lowest BCUT2D eigenvalue weighted by molar-refractivity contribution is -0.181. The minimum atomic E-state index is -0.439. The van der Waals surface area contributed by atoms with Crippen molar-refractivity contribution in [2.24, 2.45) is 0 Å². The van der Waals surface area contributed by atoms with Crippen LogP contribution in [0.4, 0.5) is 0 Å². The largest absolute Gasteiger partial charge is 0.347 e. The maximum Gasteiger partial charge on any atom is 0.253 e. The molecule has 4 rings (SSSR count). The third-order valence-corrected chi connectivity index (χ3v) is 6.65. The summed E-state index contributed by atoms with van der Waals surface area (Å²) in [5, 5.41) is 3.19. The fourth-order valence-electron chi connectivity index (χ4n) is 3.34. The number of amides is 1. The quantitative estimate of drug-likeness (QED) is 0.745. The third-order valence-electron chi connectivity index (χ3n) is 4.78. The van der Waals surface area contributed by atoms with Gasteiger partial charge in [0.2, 0.25) is 0 Å². The van der Waals surface area contributed by atoms with E-state index in [1.54, 1.807) is 23.1 Å². The Hall–Kier alpha value is -1.41. The average molecular weight is 391 g/mol. The van der Waals surface area contributed by atoms with E-state index in [1.165, 1.54) is 0 Å². The van der Waals surface area contributed by atoms with E-state index in [4.69, 9.17) is 9.47 Å². The molecule has 0 atom stereocenters. The molecular formula is C19H22N2O3S2. The second-order valence-corrected chi connectivity index (χ2v) is 8.68. The number of thioether (sulfide) groups is 1. The summed E-state index contributed by atoms with van der Waals surface area (Å²) in [6.07, 6.45) is 1.50. The second kappa shape index (κ2) is 7.68. The number of ether oxygens (including phenoxy) is 2. The molecule has 0 unspecified atom stereocenters. The Balaban J connectivity index is 1.32. The maximum absolute atomic E-state index is 12.7. The van der Waals surface area contributed by atoms with E-state index in [1.807, 2.05) is 36.1 Å². The van der Waals surface area contributed by atoms with Crippen LogP contribution in [0.15, 0.2) is 34.5 Å². The molecule has 5 nitrogen and oxygen atoms in total. The van der Waals surface area contributed by atoms with E-state index in [2.05, 4.69) is 10.4 Å². The van der Waals surface area contributed by atoms with Crippen LogP contribution >= 0.6 is 23.1 Å². The van der Waals surface area contributed by atoms with Gasteiger partial charge in [-0.05, 0) is 31.2 Å². The first-order valence-electron chi connectivity index (χ1n) is 8.85. The Kier molecular flexibility index (Phi) is 5.31. The topological polar surface area (TPSA) is 51.7 Å². The number of hydrogen-bond acceptors (Lipinski definition) is 6. The minimum Gasteiger partial charge on any atom is -0.347 e. The Morgan fingerprint density at radius 1 is 1.23 bits per heavy atom. The van der Waals surface area contributed by atoms with Crippen LogP contribution in [0.2, 0.25) is 0 Å². The van der Waals surface area contributed by atoms with Crippen molar-refractivity contribution in [2.45, 2.75) is 36.2 Å². The molecule has 2 aliphatic heterocycles. The van der Waals surface area contributed by atoms with Crippen LogP contribution in [0.25, 0.3) is 0 Å². The van der Waals surface area contributed by atoms with E-state index in [0.29, 0.717) is 26.3 Å². The van der Waals surface area contributed by atoms with Crippen molar-refractivity contribution < 1.29 is 14.3 Å². The zero-order chi connectivity index (χ0) is 18.0. The van der Waals surface area contributed by atoms with Crippen LogP contribution in [0.1, 0.15) is 33.9 Å². The summed E-state index contributed by atoms with van der Waals surface area (Å²) >= 11 is 3.42. The highest BCUT2D eigenvalue weighted by Crippen LogP contribution is 2.32. The van der Waals surface area contributed by atoms with Gasteiger partial charge >= 0.3 is 0 Å². The Labute approximate surface area is 161 Å². The first kappa shape index (κ1) is 18.0. The summed E-state index contributed by atoms with van der Waals surface area (Å²) < 4.78 is 11.5. The molecule has 1 amide bonds. The van der Waals surface area contributed by atoms with Gasteiger partial charge in [0.15, 0.2) is 5.79 Å². The molecule has 0 radical (unpaired) electrons. The molecule has 0 bridgehead atoms. The van der Waals surface area contributed by atoms with Crippen molar-refractivity contribution in [1.29, 1.82) is 0 Å². The number of rotatable bonds is 4. The van der Waals surface area contributed by atoms with Gasteiger partial charge in [-0.15, -0.1) is 23.1 Å². The second-order valence-electron chi connectivity index (χ2n) is 6.57. The summed E-state index contributed by atoms with van der Waals surface area (Å²) in [4.78, 5) is 20.3. The number of aryl methyl sites for hydroxylation is 1. The van der Waals surface area contributed by atoms with Crippen molar-refractivity contribution >= 4 is 29.0 Å². The first-order chi connectivity index (χ1) is 12.6. The van der Waals surface area contributed by atoms with Gasteiger partial charge in [0, 0.05) is 47.5 Å². The number of carbonyl (C=O) groups excluding carboxylic acids is 1. The van der Waals surface area contributed by atoms with Gasteiger partial charge in [0.05, 0.1) is 23.9 Å². The number of likely N-dealkylation sites (tertiary alicyclic amines) is 1. The summed E-state index contributed by atoms with van der Waals surface area (Å²) in [7, 11) is 0. The number of aromatic nitrogens is 1. The van der Waals surface area contributed by atoms with Crippen LogP contribution < -0.4 is 0 Å².